The molecule has 4 N–H and O–H groups in total. The lowest BCUT2D eigenvalue weighted by atomic mass is 10.1. The predicted molar refractivity (Wildman–Crippen MR) is 312 cm³/mol. The van der Waals surface area contributed by atoms with Gasteiger partial charge in [0.05, 0.1) is 55.3 Å². The number of nitrogens with zero attached hydrogens (tertiary/aromatic N) is 11. The highest BCUT2D eigenvalue weighted by atomic mass is 35.5. The van der Waals surface area contributed by atoms with Crippen LogP contribution in [0.25, 0.3) is 55.8 Å². The van der Waals surface area contributed by atoms with Gasteiger partial charge in [-0.25, -0.2) is 27.4 Å². The van der Waals surface area contributed by atoms with Crippen LogP contribution in [0.1, 0.15) is 57.5 Å². The van der Waals surface area contributed by atoms with Gasteiger partial charge in [0.1, 0.15) is 29.4 Å². The number of aromatic nitrogens is 10. The SMILES string of the molecule is CC(C)(C)S(N)=O.Cn1cc(-c2cc3c(-c4ccc(NC(=O)C(=NS(=O)C(C)(C)C)c5ccc(Cl)cc5)cc4)ncnn3c2)cn1.Cn1cc(-c2cc3c(-c4ccc(NC(=O)C(=O)c5ccc(Cl)cc5)cc4)ncnn3c2)cn1. The topological polar surface area (TPSA) is 244 Å². The van der Waals surface area contributed by atoms with Crippen LogP contribution in [0, 0.1) is 0 Å². The molecule has 404 valence electrons. The fraction of sp³-hybridized carbons (Fsp3) is 0.179. The van der Waals surface area contributed by atoms with E-state index in [-0.39, 0.29) is 16.0 Å². The molecule has 79 heavy (non-hydrogen) atoms. The number of amides is 2. The monoisotopic (exact) mass is 1140 g/mol. The van der Waals surface area contributed by atoms with Gasteiger partial charge in [0.25, 0.3) is 17.6 Å². The van der Waals surface area contributed by atoms with E-state index in [0.717, 1.165) is 55.8 Å². The Morgan fingerprint density at radius 3 is 1.32 bits per heavy atom. The molecule has 6 heterocycles. The number of nitrogens with two attached hydrogens (primary N) is 1. The Labute approximate surface area is 470 Å². The molecular formula is C56H54Cl2N14O5S2. The molecule has 0 saturated carbocycles. The summed E-state index contributed by atoms with van der Waals surface area (Å²) in [6.45, 7) is 10.9. The number of hydrogen-bond acceptors (Lipinski definition) is 11. The van der Waals surface area contributed by atoms with E-state index >= 15 is 0 Å². The maximum Gasteiger partial charge on any atom is 0.296 e. The van der Waals surface area contributed by atoms with E-state index in [0.29, 0.717) is 27.0 Å². The first-order valence-corrected chi connectivity index (χ1v) is 27.3. The third-order valence-corrected chi connectivity index (χ3v) is 14.8. The third kappa shape index (κ3) is 14.2. The number of Topliss-reactive ketones (excluding diaryl/α,β-unsaturated/α-hetero) is 1. The summed E-state index contributed by atoms with van der Waals surface area (Å²) in [5.74, 6) is -1.83. The number of carbonyl (C=O) groups is 3. The maximum atomic E-state index is 13.3. The molecule has 0 spiro atoms. The first kappa shape index (κ1) is 56.9. The molecule has 6 aromatic heterocycles. The van der Waals surface area contributed by atoms with E-state index in [1.165, 1.54) is 24.8 Å². The molecule has 0 aliphatic heterocycles. The quantitative estimate of drug-likeness (QED) is 0.0625. The van der Waals surface area contributed by atoms with Crippen LogP contribution in [0.15, 0.2) is 163 Å². The summed E-state index contributed by atoms with van der Waals surface area (Å²) >= 11 is 11.9. The van der Waals surface area contributed by atoms with E-state index in [1.807, 2.05) is 96.1 Å². The summed E-state index contributed by atoms with van der Waals surface area (Å²) in [4.78, 5) is 46.9. The molecule has 19 nitrogen and oxygen atoms in total. The van der Waals surface area contributed by atoms with Gasteiger partial charge in [0, 0.05) is 105 Å². The molecule has 0 bridgehead atoms. The standard InChI is InChI=1S/C28H26ClN7O2S.C24H17ClN6O2.C4H11NOS/c1-28(2,3)39(38)34-26(19-5-9-22(29)10-6-19)27(37)33-23-11-7-18(8-12-23)25-24-13-20(16-36(24)32-17-30-25)21-14-31-35(4)15-21;1-30-12-18(11-27-30)17-10-21-22(26-14-28-31(21)13-17)15-4-8-20(9-5-15)29-24(33)23(32)16-2-6-19(25)7-3-16;1-4(2,3)7(5)6/h5-17H,1-4H3,(H,33,37);2-14H,1H3,(H,29,33);5H2,1-3H3. The normalized spacial score (nSPS) is 12.5. The largest absolute Gasteiger partial charge is 0.321 e. The Balaban J connectivity index is 0.000000188. The number of rotatable bonds is 11. The number of nitrogens with one attached hydrogen (secondary N) is 2. The van der Waals surface area contributed by atoms with Crippen LogP contribution >= 0.6 is 23.2 Å². The zero-order chi connectivity index (χ0) is 56.8. The van der Waals surface area contributed by atoms with Crippen molar-refractivity contribution in [2.75, 3.05) is 10.6 Å². The molecule has 23 heteroatoms. The van der Waals surface area contributed by atoms with Crippen LogP contribution in [0.4, 0.5) is 11.4 Å². The molecule has 0 radical (unpaired) electrons. The van der Waals surface area contributed by atoms with Crippen molar-refractivity contribution < 1.29 is 22.8 Å². The van der Waals surface area contributed by atoms with Crippen molar-refractivity contribution in [3.8, 4) is 44.8 Å². The second-order valence-corrected chi connectivity index (χ2v) is 24.4. The van der Waals surface area contributed by atoms with Crippen molar-refractivity contribution in [3.63, 3.8) is 0 Å². The Bertz CT molecular complexity index is 3910. The Morgan fingerprint density at radius 1 is 0.532 bits per heavy atom. The second kappa shape index (κ2) is 24.1. The van der Waals surface area contributed by atoms with E-state index in [9.17, 15) is 22.8 Å². The number of fused-ring (bicyclic) bond motifs is 2. The Hall–Kier alpha value is -8.34. The molecule has 0 saturated heterocycles. The van der Waals surface area contributed by atoms with Gasteiger partial charge in [0.2, 0.25) is 0 Å². The summed E-state index contributed by atoms with van der Waals surface area (Å²) in [5.41, 5.74) is 10.7. The smallest absolute Gasteiger partial charge is 0.296 e. The van der Waals surface area contributed by atoms with Gasteiger partial charge in [-0.1, -0.05) is 59.6 Å². The van der Waals surface area contributed by atoms with Crippen molar-refractivity contribution in [2.45, 2.75) is 51.0 Å². The molecule has 0 aliphatic rings. The van der Waals surface area contributed by atoms with E-state index in [4.69, 9.17) is 28.3 Å². The minimum Gasteiger partial charge on any atom is -0.321 e. The summed E-state index contributed by atoms with van der Waals surface area (Å²) < 4.78 is 33.6. The molecule has 10 rings (SSSR count). The van der Waals surface area contributed by atoms with Crippen molar-refractivity contribution in [1.82, 2.24) is 48.8 Å². The minimum absolute atomic E-state index is 0.0672. The lowest BCUT2D eigenvalue weighted by molar-refractivity contribution is -0.112. The lowest BCUT2D eigenvalue weighted by Gasteiger charge is -2.15. The molecule has 2 amide bonds. The van der Waals surface area contributed by atoms with E-state index < -0.39 is 44.3 Å². The molecule has 4 aromatic carbocycles. The van der Waals surface area contributed by atoms with E-state index in [2.05, 4.69) is 45.4 Å². The van der Waals surface area contributed by atoms with Crippen LogP contribution < -0.4 is 15.8 Å². The van der Waals surface area contributed by atoms with Crippen LogP contribution in [-0.2, 0) is 45.7 Å². The fourth-order valence-electron chi connectivity index (χ4n) is 7.35. The number of halogens is 2. The Morgan fingerprint density at radius 2 is 0.937 bits per heavy atom. The van der Waals surface area contributed by atoms with Crippen molar-refractivity contribution in [2.24, 2.45) is 23.6 Å². The molecule has 0 fully saturated rings. The van der Waals surface area contributed by atoms with Crippen molar-refractivity contribution in [3.05, 3.63) is 180 Å². The lowest BCUT2D eigenvalue weighted by Crippen LogP contribution is -2.27. The van der Waals surface area contributed by atoms with Crippen molar-refractivity contribution >= 4 is 90.9 Å². The molecule has 2 atom stereocenters. The summed E-state index contributed by atoms with van der Waals surface area (Å²) in [5, 5.41) is 28.7. The molecule has 2 unspecified atom stereocenters. The Kier molecular flexibility index (Phi) is 17.4. The van der Waals surface area contributed by atoms with Crippen LogP contribution in [0.3, 0.4) is 0 Å². The first-order chi connectivity index (χ1) is 37.5. The first-order valence-electron chi connectivity index (χ1n) is 24.2. The van der Waals surface area contributed by atoms with Crippen LogP contribution in [-0.4, -0.2) is 90.0 Å². The molecule has 0 aliphatic carbocycles. The minimum atomic E-state index is -1.63. The number of aryl methyl sites for hydroxylation is 2. The van der Waals surface area contributed by atoms with E-state index in [1.54, 1.807) is 112 Å². The zero-order valence-corrected chi connectivity index (χ0v) is 47.3. The molecule has 10 aromatic rings. The number of benzene rings is 4. The van der Waals surface area contributed by atoms with Gasteiger partial charge in [0.15, 0.2) is 0 Å². The predicted octanol–water partition coefficient (Wildman–Crippen LogP) is 10.0. The number of anilines is 2. The van der Waals surface area contributed by atoms with Gasteiger partial charge in [-0.05, 0) is 114 Å². The highest BCUT2D eigenvalue weighted by Crippen LogP contribution is 2.31. The number of hydrogen-bond donors (Lipinski definition) is 3. The maximum absolute atomic E-state index is 13.3. The van der Waals surface area contributed by atoms with Crippen molar-refractivity contribution in [1.29, 1.82) is 0 Å². The van der Waals surface area contributed by atoms with Gasteiger partial charge in [-0.15, -0.1) is 0 Å². The third-order valence-electron chi connectivity index (χ3n) is 11.7. The average molecular weight is 1140 g/mol. The van der Waals surface area contributed by atoms with Crippen LogP contribution in [0.5, 0.6) is 0 Å². The summed E-state index contributed by atoms with van der Waals surface area (Å²) in [6, 6.07) is 31.4. The average Bonchev–Trinajstić information content (AvgIpc) is 4.32. The van der Waals surface area contributed by atoms with Crippen LogP contribution in [0.2, 0.25) is 10.0 Å². The summed E-state index contributed by atoms with van der Waals surface area (Å²) in [7, 11) is 0.928. The fourth-order valence-corrected chi connectivity index (χ4v) is 8.23. The second-order valence-electron chi connectivity index (χ2n) is 19.8. The number of carbonyl (C=O) groups excluding carboxylic acids is 3. The summed E-state index contributed by atoms with van der Waals surface area (Å²) in [6.07, 6.45) is 14.3. The number of ketones is 1. The van der Waals surface area contributed by atoms with Gasteiger partial charge in [-0.2, -0.15) is 24.8 Å². The molecular weight excluding hydrogens is 1080 g/mol. The highest BCUT2D eigenvalue weighted by Gasteiger charge is 2.24. The van der Waals surface area contributed by atoms with Gasteiger partial charge >= 0.3 is 0 Å². The highest BCUT2D eigenvalue weighted by molar-refractivity contribution is 7.85. The van der Waals surface area contributed by atoms with Gasteiger partial charge < -0.3 is 10.6 Å². The zero-order valence-electron chi connectivity index (χ0n) is 44.1. The van der Waals surface area contributed by atoms with Gasteiger partial charge in [-0.3, -0.25) is 28.9 Å².